The first kappa shape index (κ1) is 11.4. The van der Waals surface area contributed by atoms with E-state index in [4.69, 9.17) is 16.3 Å². The van der Waals surface area contributed by atoms with Gasteiger partial charge in [-0.25, -0.2) is 0 Å². The van der Waals surface area contributed by atoms with E-state index < -0.39 is 0 Å². The fourth-order valence-corrected chi connectivity index (χ4v) is 1.66. The predicted octanol–water partition coefficient (Wildman–Crippen LogP) is 3.94. The summed E-state index contributed by atoms with van der Waals surface area (Å²) in [5.74, 6) is 1.46. The van der Waals surface area contributed by atoms with Crippen LogP contribution >= 0.6 is 11.6 Å². The van der Waals surface area contributed by atoms with Gasteiger partial charge in [-0.2, -0.15) is 0 Å². The highest BCUT2D eigenvalue weighted by Gasteiger charge is 2.04. The van der Waals surface area contributed by atoms with Gasteiger partial charge in [-0.1, -0.05) is 37.9 Å². The molecule has 0 aliphatic rings. The van der Waals surface area contributed by atoms with Gasteiger partial charge in [0.1, 0.15) is 5.75 Å². The van der Waals surface area contributed by atoms with E-state index in [2.05, 4.69) is 19.9 Å². The van der Waals surface area contributed by atoms with Crippen molar-refractivity contribution >= 4 is 11.6 Å². The van der Waals surface area contributed by atoms with Crippen LogP contribution < -0.4 is 4.74 Å². The second-order valence-corrected chi connectivity index (χ2v) is 4.09. The first-order chi connectivity index (χ1) is 6.67. The van der Waals surface area contributed by atoms with Crippen molar-refractivity contribution in [3.8, 4) is 5.75 Å². The van der Waals surface area contributed by atoms with Crippen LogP contribution in [0.15, 0.2) is 18.2 Å². The normalized spacial score (nSPS) is 12.6. The van der Waals surface area contributed by atoms with Gasteiger partial charge in [-0.05, 0) is 30.0 Å². The molecule has 1 aromatic carbocycles. The molecule has 0 amide bonds. The maximum Gasteiger partial charge on any atom is 0.137 e. The van der Waals surface area contributed by atoms with E-state index in [1.165, 1.54) is 12.0 Å². The number of ether oxygens (including phenoxy) is 1. The van der Waals surface area contributed by atoms with Crippen molar-refractivity contribution in [2.24, 2.45) is 5.92 Å². The Bertz CT molecular complexity index is 296. The molecule has 0 heterocycles. The second-order valence-electron chi connectivity index (χ2n) is 3.69. The molecule has 1 nitrogen and oxygen atoms in total. The summed E-state index contributed by atoms with van der Waals surface area (Å²) in [4.78, 5) is 0. The largest absolute Gasteiger partial charge is 0.495 e. The van der Waals surface area contributed by atoms with Gasteiger partial charge in [0.15, 0.2) is 0 Å². The van der Waals surface area contributed by atoms with Crippen molar-refractivity contribution in [1.82, 2.24) is 0 Å². The van der Waals surface area contributed by atoms with E-state index in [1.807, 2.05) is 12.1 Å². The Labute approximate surface area is 91.0 Å². The van der Waals surface area contributed by atoms with Crippen molar-refractivity contribution in [3.05, 3.63) is 28.8 Å². The Kier molecular flexibility index (Phi) is 4.27. The van der Waals surface area contributed by atoms with E-state index in [1.54, 1.807) is 7.11 Å². The maximum absolute atomic E-state index is 6.03. The van der Waals surface area contributed by atoms with Gasteiger partial charge in [0.05, 0.1) is 12.1 Å². The van der Waals surface area contributed by atoms with Crippen molar-refractivity contribution < 1.29 is 4.74 Å². The average Bonchev–Trinajstić information content (AvgIpc) is 2.18. The first-order valence-corrected chi connectivity index (χ1v) is 5.37. The predicted molar refractivity (Wildman–Crippen MR) is 61.2 cm³/mol. The van der Waals surface area contributed by atoms with Crippen LogP contribution in [0.5, 0.6) is 5.75 Å². The zero-order valence-electron chi connectivity index (χ0n) is 9.01. The number of halogens is 1. The molecular weight excluding hydrogens is 196 g/mol. The minimum atomic E-state index is 0.702. The van der Waals surface area contributed by atoms with Gasteiger partial charge in [0.25, 0.3) is 0 Å². The van der Waals surface area contributed by atoms with Crippen LogP contribution in [-0.4, -0.2) is 7.11 Å². The Hall–Kier alpha value is -0.690. The SMILES string of the molecule is CC[C@@H](C)Cc1ccc(OC)c(Cl)c1. The van der Waals surface area contributed by atoms with Crippen LogP contribution in [0.3, 0.4) is 0 Å². The van der Waals surface area contributed by atoms with Gasteiger partial charge in [0.2, 0.25) is 0 Å². The number of methoxy groups -OCH3 is 1. The molecule has 0 aliphatic carbocycles. The van der Waals surface area contributed by atoms with E-state index in [9.17, 15) is 0 Å². The van der Waals surface area contributed by atoms with Crippen molar-refractivity contribution in [2.75, 3.05) is 7.11 Å². The van der Waals surface area contributed by atoms with Crippen LogP contribution in [0.25, 0.3) is 0 Å². The van der Waals surface area contributed by atoms with Crippen LogP contribution in [0.4, 0.5) is 0 Å². The Balaban J connectivity index is 2.76. The standard InChI is InChI=1S/C12H17ClO/c1-4-9(2)7-10-5-6-12(14-3)11(13)8-10/h5-6,8-9H,4,7H2,1-3H3/t9-/m1/s1. The van der Waals surface area contributed by atoms with E-state index in [0.29, 0.717) is 10.9 Å². The molecule has 78 valence electrons. The van der Waals surface area contributed by atoms with E-state index >= 15 is 0 Å². The quantitative estimate of drug-likeness (QED) is 0.735. The zero-order chi connectivity index (χ0) is 10.6. The van der Waals surface area contributed by atoms with Crippen LogP contribution in [0, 0.1) is 5.92 Å². The average molecular weight is 213 g/mol. The molecule has 0 bridgehead atoms. The second kappa shape index (κ2) is 5.26. The first-order valence-electron chi connectivity index (χ1n) is 4.99. The van der Waals surface area contributed by atoms with Crippen LogP contribution in [-0.2, 0) is 6.42 Å². The summed E-state index contributed by atoms with van der Waals surface area (Å²) in [5.41, 5.74) is 1.28. The number of hydrogen-bond acceptors (Lipinski definition) is 1. The highest BCUT2D eigenvalue weighted by molar-refractivity contribution is 6.32. The lowest BCUT2D eigenvalue weighted by molar-refractivity contribution is 0.414. The highest BCUT2D eigenvalue weighted by atomic mass is 35.5. The van der Waals surface area contributed by atoms with E-state index in [0.717, 1.165) is 12.2 Å². The Morgan fingerprint density at radius 1 is 1.43 bits per heavy atom. The lowest BCUT2D eigenvalue weighted by Crippen LogP contribution is -1.97. The molecule has 0 saturated heterocycles. The molecule has 0 radical (unpaired) electrons. The fourth-order valence-electron chi connectivity index (χ4n) is 1.38. The number of benzene rings is 1. The molecule has 0 spiro atoms. The third-order valence-electron chi connectivity index (χ3n) is 2.50. The summed E-state index contributed by atoms with van der Waals surface area (Å²) in [5, 5.41) is 0.702. The smallest absolute Gasteiger partial charge is 0.137 e. The minimum Gasteiger partial charge on any atom is -0.495 e. The molecule has 0 fully saturated rings. The molecule has 0 unspecified atom stereocenters. The van der Waals surface area contributed by atoms with Crippen LogP contribution in [0.1, 0.15) is 25.8 Å². The van der Waals surface area contributed by atoms with Gasteiger partial charge >= 0.3 is 0 Å². The third kappa shape index (κ3) is 2.91. The Morgan fingerprint density at radius 3 is 2.64 bits per heavy atom. The van der Waals surface area contributed by atoms with Gasteiger partial charge < -0.3 is 4.74 Å². The molecule has 2 heteroatoms. The molecule has 0 saturated carbocycles. The molecule has 14 heavy (non-hydrogen) atoms. The summed E-state index contributed by atoms with van der Waals surface area (Å²) < 4.78 is 5.10. The lowest BCUT2D eigenvalue weighted by atomic mass is 9.99. The minimum absolute atomic E-state index is 0.702. The zero-order valence-corrected chi connectivity index (χ0v) is 9.77. The summed E-state index contributed by atoms with van der Waals surface area (Å²) in [6.07, 6.45) is 2.28. The van der Waals surface area contributed by atoms with Crippen molar-refractivity contribution in [2.45, 2.75) is 26.7 Å². The molecule has 1 atom stereocenters. The summed E-state index contributed by atoms with van der Waals surface area (Å²) in [6.45, 7) is 4.45. The van der Waals surface area contributed by atoms with Gasteiger partial charge in [0, 0.05) is 0 Å². The number of hydrogen-bond donors (Lipinski definition) is 0. The van der Waals surface area contributed by atoms with E-state index in [-0.39, 0.29) is 0 Å². The summed E-state index contributed by atoms with van der Waals surface area (Å²) in [6, 6.07) is 6.00. The molecular formula is C12H17ClO. The number of rotatable bonds is 4. The van der Waals surface area contributed by atoms with Crippen molar-refractivity contribution in [1.29, 1.82) is 0 Å². The Morgan fingerprint density at radius 2 is 2.14 bits per heavy atom. The van der Waals surface area contributed by atoms with Crippen LogP contribution in [0.2, 0.25) is 5.02 Å². The third-order valence-corrected chi connectivity index (χ3v) is 2.79. The topological polar surface area (TPSA) is 9.23 Å². The summed E-state index contributed by atoms with van der Waals surface area (Å²) in [7, 11) is 1.63. The van der Waals surface area contributed by atoms with Crippen molar-refractivity contribution in [3.63, 3.8) is 0 Å². The molecule has 1 rings (SSSR count). The molecule has 1 aromatic rings. The summed E-state index contributed by atoms with van der Waals surface area (Å²) >= 11 is 6.03. The van der Waals surface area contributed by atoms with Gasteiger partial charge in [-0.15, -0.1) is 0 Å². The monoisotopic (exact) mass is 212 g/mol. The maximum atomic E-state index is 6.03. The molecule has 0 aromatic heterocycles. The highest BCUT2D eigenvalue weighted by Crippen LogP contribution is 2.26. The molecule has 0 N–H and O–H groups in total. The molecule has 0 aliphatic heterocycles. The lowest BCUT2D eigenvalue weighted by Gasteiger charge is -2.10. The van der Waals surface area contributed by atoms with Gasteiger partial charge in [-0.3, -0.25) is 0 Å². The fraction of sp³-hybridized carbons (Fsp3) is 0.500.